The summed E-state index contributed by atoms with van der Waals surface area (Å²) in [6, 6.07) is 5.06. The SMILES string of the molecule is CC(O)N1CCNCC1c1cccc(C(F)(F)F)c1. The molecule has 0 amide bonds. The van der Waals surface area contributed by atoms with Crippen molar-refractivity contribution in [1.82, 2.24) is 10.2 Å². The van der Waals surface area contributed by atoms with E-state index in [0.717, 1.165) is 18.7 Å². The van der Waals surface area contributed by atoms with Crippen molar-refractivity contribution in [3.63, 3.8) is 0 Å². The Bertz CT molecular complexity index is 434. The number of nitrogens with zero attached hydrogens (tertiary/aromatic N) is 1. The number of benzene rings is 1. The number of nitrogens with one attached hydrogen (secondary N) is 1. The summed E-state index contributed by atoms with van der Waals surface area (Å²) in [4.78, 5) is 1.80. The molecule has 0 bridgehead atoms. The molecule has 1 aliphatic rings. The zero-order valence-electron chi connectivity index (χ0n) is 10.6. The molecular formula is C13H17F3N2O. The molecule has 2 N–H and O–H groups in total. The van der Waals surface area contributed by atoms with E-state index in [1.807, 2.05) is 0 Å². The summed E-state index contributed by atoms with van der Waals surface area (Å²) >= 11 is 0. The lowest BCUT2D eigenvalue weighted by Crippen LogP contribution is -2.49. The molecule has 6 heteroatoms. The second-order valence-corrected chi connectivity index (χ2v) is 4.71. The molecule has 1 aromatic rings. The molecule has 0 radical (unpaired) electrons. The fourth-order valence-corrected chi connectivity index (χ4v) is 2.40. The highest BCUT2D eigenvalue weighted by Crippen LogP contribution is 2.32. The highest BCUT2D eigenvalue weighted by molar-refractivity contribution is 5.28. The third-order valence-electron chi connectivity index (χ3n) is 3.36. The maximum atomic E-state index is 12.7. The molecule has 1 saturated heterocycles. The lowest BCUT2D eigenvalue weighted by molar-refractivity contribution is -0.137. The number of halogens is 3. The molecule has 1 fully saturated rings. The van der Waals surface area contributed by atoms with Crippen LogP contribution in [0.4, 0.5) is 13.2 Å². The first-order chi connectivity index (χ1) is 8.89. The van der Waals surface area contributed by atoms with Crippen LogP contribution in [0.3, 0.4) is 0 Å². The zero-order valence-corrected chi connectivity index (χ0v) is 10.6. The monoisotopic (exact) mass is 274 g/mol. The van der Waals surface area contributed by atoms with Crippen LogP contribution in [0.1, 0.15) is 24.1 Å². The van der Waals surface area contributed by atoms with E-state index in [-0.39, 0.29) is 6.04 Å². The Labute approximate surface area is 110 Å². The molecule has 0 spiro atoms. The largest absolute Gasteiger partial charge is 0.416 e. The van der Waals surface area contributed by atoms with Crippen LogP contribution < -0.4 is 5.32 Å². The molecule has 0 aromatic heterocycles. The van der Waals surface area contributed by atoms with E-state index >= 15 is 0 Å². The first kappa shape index (κ1) is 14.3. The minimum Gasteiger partial charge on any atom is -0.379 e. The lowest BCUT2D eigenvalue weighted by atomic mass is 10.0. The van der Waals surface area contributed by atoms with Gasteiger partial charge in [0.25, 0.3) is 0 Å². The maximum Gasteiger partial charge on any atom is 0.416 e. The van der Waals surface area contributed by atoms with Crippen molar-refractivity contribution in [2.75, 3.05) is 19.6 Å². The Kier molecular flexibility index (Phi) is 4.13. The number of rotatable bonds is 2. The summed E-state index contributed by atoms with van der Waals surface area (Å²) in [5.41, 5.74) is -0.0796. The predicted octanol–water partition coefficient (Wildman–Crippen LogP) is 1.99. The predicted molar refractivity (Wildman–Crippen MR) is 65.4 cm³/mol. The summed E-state index contributed by atoms with van der Waals surface area (Å²) in [7, 11) is 0. The normalized spacial score (nSPS) is 23.3. The number of hydrogen-bond acceptors (Lipinski definition) is 3. The van der Waals surface area contributed by atoms with Crippen LogP contribution in [0.15, 0.2) is 24.3 Å². The average molecular weight is 274 g/mol. The molecule has 2 unspecified atom stereocenters. The van der Waals surface area contributed by atoms with E-state index in [2.05, 4.69) is 5.32 Å². The smallest absolute Gasteiger partial charge is 0.379 e. The van der Waals surface area contributed by atoms with Gasteiger partial charge in [-0.15, -0.1) is 0 Å². The number of hydrogen-bond donors (Lipinski definition) is 2. The van der Waals surface area contributed by atoms with Gasteiger partial charge >= 0.3 is 6.18 Å². The van der Waals surface area contributed by atoms with Gasteiger partial charge in [0.1, 0.15) is 6.23 Å². The van der Waals surface area contributed by atoms with Crippen LogP contribution in [-0.4, -0.2) is 35.9 Å². The third kappa shape index (κ3) is 3.26. The average Bonchev–Trinajstić information content (AvgIpc) is 2.38. The minimum absolute atomic E-state index is 0.240. The summed E-state index contributed by atoms with van der Waals surface area (Å²) in [6.45, 7) is 3.50. The summed E-state index contributed by atoms with van der Waals surface area (Å²) in [6.07, 6.45) is -5.02. The molecule has 106 valence electrons. The van der Waals surface area contributed by atoms with Crippen LogP contribution in [0.5, 0.6) is 0 Å². The maximum absolute atomic E-state index is 12.7. The van der Waals surface area contributed by atoms with Gasteiger partial charge in [-0.3, -0.25) is 4.90 Å². The number of aliphatic hydroxyl groups is 1. The van der Waals surface area contributed by atoms with Crippen molar-refractivity contribution in [2.24, 2.45) is 0 Å². The number of alkyl halides is 3. The molecule has 1 aromatic carbocycles. The van der Waals surface area contributed by atoms with Gasteiger partial charge in [-0.1, -0.05) is 12.1 Å². The van der Waals surface area contributed by atoms with Gasteiger partial charge in [-0.05, 0) is 24.6 Å². The Balaban J connectivity index is 2.29. The number of aliphatic hydroxyl groups excluding tert-OH is 1. The van der Waals surface area contributed by atoms with Crippen molar-refractivity contribution in [2.45, 2.75) is 25.4 Å². The zero-order chi connectivity index (χ0) is 14.0. The fourth-order valence-electron chi connectivity index (χ4n) is 2.40. The van der Waals surface area contributed by atoms with Gasteiger partial charge < -0.3 is 10.4 Å². The Morgan fingerprint density at radius 2 is 2.16 bits per heavy atom. The first-order valence-electron chi connectivity index (χ1n) is 6.21. The topological polar surface area (TPSA) is 35.5 Å². The highest BCUT2D eigenvalue weighted by Gasteiger charge is 2.32. The molecular weight excluding hydrogens is 257 g/mol. The van der Waals surface area contributed by atoms with E-state index in [9.17, 15) is 18.3 Å². The van der Waals surface area contributed by atoms with Crippen molar-refractivity contribution in [3.05, 3.63) is 35.4 Å². The molecule has 0 aliphatic carbocycles. The second-order valence-electron chi connectivity index (χ2n) is 4.71. The van der Waals surface area contributed by atoms with E-state index in [1.165, 1.54) is 6.07 Å². The number of piperazine rings is 1. The summed E-state index contributed by atoms with van der Waals surface area (Å²) in [5, 5.41) is 12.9. The Morgan fingerprint density at radius 3 is 2.79 bits per heavy atom. The van der Waals surface area contributed by atoms with Gasteiger partial charge in [0.05, 0.1) is 5.56 Å². The summed E-state index contributed by atoms with van der Waals surface area (Å²) < 4.78 is 38.1. The van der Waals surface area contributed by atoms with Crippen LogP contribution in [-0.2, 0) is 6.18 Å². The van der Waals surface area contributed by atoms with E-state index in [4.69, 9.17) is 0 Å². The fraction of sp³-hybridized carbons (Fsp3) is 0.538. The van der Waals surface area contributed by atoms with Gasteiger partial charge in [0.2, 0.25) is 0 Å². The van der Waals surface area contributed by atoms with E-state index < -0.39 is 18.0 Å². The van der Waals surface area contributed by atoms with Crippen LogP contribution in [0, 0.1) is 0 Å². The first-order valence-corrected chi connectivity index (χ1v) is 6.21. The van der Waals surface area contributed by atoms with Gasteiger partial charge in [0, 0.05) is 25.7 Å². The Morgan fingerprint density at radius 1 is 1.42 bits per heavy atom. The van der Waals surface area contributed by atoms with Crippen molar-refractivity contribution in [3.8, 4) is 0 Å². The van der Waals surface area contributed by atoms with Crippen LogP contribution in [0.2, 0.25) is 0 Å². The van der Waals surface area contributed by atoms with Crippen molar-refractivity contribution >= 4 is 0 Å². The lowest BCUT2D eigenvalue weighted by Gasteiger charge is -2.38. The molecule has 3 nitrogen and oxygen atoms in total. The minimum atomic E-state index is -4.34. The van der Waals surface area contributed by atoms with E-state index in [1.54, 1.807) is 17.9 Å². The standard InChI is InChI=1S/C13H17F3N2O/c1-9(19)18-6-5-17-8-12(18)10-3-2-4-11(7-10)13(14,15)16/h2-4,7,9,12,17,19H,5-6,8H2,1H3. The molecule has 1 heterocycles. The van der Waals surface area contributed by atoms with Crippen LogP contribution >= 0.6 is 0 Å². The van der Waals surface area contributed by atoms with E-state index in [0.29, 0.717) is 18.7 Å². The van der Waals surface area contributed by atoms with Crippen LogP contribution in [0.25, 0.3) is 0 Å². The second kappa shape index (κ2) is 5.48. The molecule has 0 saturated carbocycles. The molecule has 2 atom stereocenters. The third-order valence-corrected chi connectivity index (χ3v) is 3.36. The Hall–Kier alpha value is -1.11. The highest BCUT2D eigenvalue weighted by atomic mass is 19.4. The summed E-state index contributed by atoms with van der Waals surface area (Å²) in [5.74, 6) is 0. The van der Waals surface area contributed by atoms with Gasteiger partial charge in [-0.2, -0.15) is 13.2 Å². The van der Waals surface area contributed by atoms with Gasteiger partial charge in [0.15, 0.2) is 0 Å². The quantitative estimate of drug-likeness (QED) is 0.865. The molecule has 2 rings (SSSR count). The molecule has 1 aliphatic heterocycles. The molecule has 19 heavy (non-hydrogen) atoms. The van der Waals surface area contributed by atoms with Crippen molar-refractivity contribution < 1.29 is 18.3 Å². The van der Waals surface area contributed by atoms with Crippen molar-refractivity contribution in [1.29, 1.82) is 0 Å². The van der Waals surface area contributed by atoms with Gasteiger partial charge in [-0.25, -0.2) is 0 Å².